The van der Waals surface area contributed by atoms with Crippen LogP contribution in [0.15, 0.2) is 84.9 Å². The number of benzene rings is 3. The maximum absolute atomic E-state index is 13.0. The zero-order valence-corrected chi connectivity index (χ0v) is 16.7. The molecule has 2 unspecified atom stereocenters. The molecule has 1 saturated heterocycles. The van der Waals surface area contributed by atoms with Gasteiger partial charge in [0.05, 0.1) is 5.69 Å². The third-order valence-electron chi connectivity index (χ3n) is 5.09. The number of hydrogen-bond donors (Lipinski definition) is 1. The third-order valence-corrected chi connectivity index (χ3v) is 5.09. The molecule has 1 fully saturated rings. The number of imide groups is 1. The maximum atomic E-state index is 13.0. The Morgan fingerprint density at radius 1 is 0.900 bits per heavy atom. The Hall–Kier alpha value is -3.80. The van der Waals surface area contributed by atoms with Gasteiger partial charge in [0.2, 0.25) is 5.60 Å². The molecule has 0 spiro atoms. The molecule has 6 nitrogen and oxygen atoms in total. The smallest absolute Gasteiger partial charge is 0.437 e. The molecule has 6 heteroatoms. The summed E-state index contributed by atoms with van der Waals surface area (Å²) >= 11 is 0. The highest BCUT2D eigenvalue weighted by molar-refractivity contribution is 6.04. The van der Waals surface area contributed by atoms with Gasteiger partial charge in [0.25, 0.3) is 5.91 Å². The number of ether oxygens (including phenoxy) is 2. The summed E-state index contributed by atoms with van der Waals surface area (Å²) in [5.74, 6) is 0.178. The number of rotatable bonds is 6. The van der Waals surface area contributed by atoms with Crippen molar-refractivity contribution in [2.45, 2.75) is 25.6 Å². The lowest BCUT2D eigenvalue weighted by atomic mass is 9.95. The number of carbonyl (C=O) groups is 2. The molecule has 152 valence electrons. The van der Waals surface area contributed by atoms with Crippen LogP contribution in [0, 0.1) is 0 Å². The SMILES string of the molecule is CC(Oc1ccc(C2(C)OC(=O)N(Nc3ccccc3)C2=O)cc1)c1ccccc1. The van der Waals surface area contributed by atoms with Crippen molar-refractivity contribution in [2.24, 2.45) is 0 Å². The van der Waals surface area contributed by atoms with Gasteiger partial charge in [0.1, 0.15) is 11.9 Å². The predicted molar refractivity (Wildman–Crippen MR) is 113 cm³/mol. The van der Waals surface area contributed by atoms with Crippen LogP contribution in [-0.4, -0.2) is 17.0 Å². The average molecular weight is 402 g/mol. The Labute approximate surface area is 175 Å². The van der Waals surface area contributed by atoms with Crippen molar-refractivity contribution in [3.05, 3.63) is 96.1 Å². The summed E-state index contributed by atoms with van der Waals surface area (Å²) < 4.78 is 11.4. The molecule has 1 aliphatic heterocycles. The second-order valence-electron chi connectivity index (χ2n) is 7.21. The van der Waals surface area contributed by atoms with E-state index in [0.29, 0.717) is 17.0 Å². The van der Waals surface area contributed by atoms with Crippen LogP contribution in [0.5, 0.6) is 5.75 Å². The Morgan fingerprint density at radius 3 is 2.13 bits per heavy atom. The van der Waals surface area contributed by atoms with E-state index in [9.17, 15) is 9.59 Å². The predicted octanol–water partition coefficient (Wildman–Crippen LogP) is 5.05. The molecule has 0 aromatic heterocycles. The summed E-state index contributed by atoms with van der Waals surface area (Å²) in [7, 11) is 0. The normalized spacial score (nSPS) is 19.3. The first-order chi connectivity index (χ1) is 14.5. The fourth-order valence-corrected chi connectivity index (χ4v) is 3.33. The van der Waals surface area contributed by atoms with Crippen molar-refractivity contribution in [3.8, 4) is 5.75 Å². The lowest BCUT2D eigenvalue weighted by Crippen LogP contribution is -2.40. The fraction of sp³-hybridized carbons (Fsp3) is 0.167. The van der Waals surface area contributed by atoms with E-state index in [1.807, 2.05) is 55.5 Å². The van der Waals surface area contributed by atoms with Crippen LogP contribution in [0.25, 0.3) is 0 Å². The highest BCUT2D eigenvalue weighted by Crippen LogP contribution is 2.35. The van der Waals surface area contributed by atoms with E-state index in [1.54, 1.807) is 43.3 Å². The molecular formula is C24H22N2O4. The number of para-hydroxylation sites is 1. The molecule has 3 aromatic carbocycles. The van der Waals surface area contributed by atoms with Gasteiger partial charge in [-0.25, -0.2) is 4.79 Å². The van der Waals surface area contributed by atoms with Crippen LogP contribution in [-0.2, 0) is 15.1 Å². The Balaban J connectivity index is 1.49. The lowest BCUT2D eigenvalue weighted by Gasteiger charge is -2.21. The number of amides is 2. The van der Waals surface area contributed by atoms with Gasteiger partial charge in [-0.3, -0.25) is 10.2 Å². The van der Waals surface area contributed by atoms with Crippen LogP contribution < -0.4 is 10.2 Å². The van der Waals surface area contributed by atoms with Crippen LogP contribution in [0.3, 0.4) is 0 Å². The number of nitrogens with zero attached hydrogens (tertiary/aromatic N) is 1. The van der Waals surface area contributed by atoms with Gasteiger partial charge in [-0.2, -0.15) is 0 Å². The number of hydrazine groups is 1. The largest absolute Gasteiger partial charge is 0.486 e. The van der Waals surface area contributed by atoms with Gasteiger partial charge >= 0.3 is 6.09 Å². The second kappa shape index (κ2) is 7.91. The van der Waals surface area contributed by atoms with E-state index in [4.69, 9.17) is 9.47 Å². The first-order valence-electron chi connectivity index (χ1n) is 9.69. The Morgan fingerprint density at radius 2 is 1.50 bits per heavy atom. The molecular weight excluding hydrogens is 380 g/mol. The van der Waals surface area contributed by atoms with Gasteiger partial charge in [0.15, 0.2) is 0 Å². The summed E-state index contributed by atoms with van der Waals surface area (Å²) in [6, 6.07) is 25.9. The van der Waals surface area contributed by atoms with Crippen LogP contribution in [0.2, 0.25) is 0 Å². The van der Waals surface area contributed by atoms with E-state index < -0.39 is 17.6 Å². The molecule has 0 radical (unpaired) electrons. The highest BCUT2D eigenvalue weighted by atomic mass is 16.6. The molecule has 1 aliphatic rings. The maximum Gasteiger partial charge on any atom is 0.437 e. The summed E-state index contributed by atoms with van der Waals surface area (Å²) in [5.41, 5.74) is 3.64. The molecule has 0 aliphatic carbocycles. The molecule has 1 heterocycles. The monoisotopic (exact) mass is 402 g/mol. The highest BCUT2D eigenvalue weighted by Gasteiger charge is 2.52. The van der Waals surface area contributed by atoms with Crippen LogP contribution in [0.4, 0.5) is 10.5 Å². The summed E-state index contributed by atoms with van der Waals surface area (Å²) in [4.78, 5) is 25.3. The van der Waals surface area contributed by atoms with E-state index in [0.717, 1.165) is 10.6 Å². The van der Waals surface area contributed by atoms with Gasteiger partial charge in [-0.15, -0.1) is 5.01 Å². The number of anilines is 1. The minimum atomic E-state index is -1.41. The Kier molecular flexibility index (Phi) is 5.14. The average Bonchev–Trinajstić information content (AvgIpc) is 2.99. The van der Waals surface area contributed by atoms with Gasteiger partial charge in [-0.05, 0) is 43.7 Å². The zero-order chi connectivity index (χ0) is 21.1. The first kappa shape index (κ1) is 19.5. The van der Waals surface area contributed by atoms with Crippen molar-refractivity contribution < 1.29 is 19.1 Å². The van der Waals surface area contributed by atoms with Crippen molar-refractivity contribution in [1.29, 1.82) is 0 Å². The van der Waals surface area contributed by atoms with Gasteiger partial charge in [0, 0.05) is 5.56 Å². The van der Waals surface area contributed by atoms with E-state index in [2.05, 4.69) is 5.43 Å². The van der Waals surface area contributed by atoms with Crippen LogP contribution >= 0.6 is 0 Å². The topological polar surface area (TPSA) is 67.9 Å². The van der Waals surface area contributed by atoms with Crippen molar-refractivity contribution in [3.63, 3.8) is 0 Å². The number of hydrogen-bond acceptors (Lipinski definition) is 5. The molecule has 0 saturated carbocycles. The zero-order valence-electron chi connectivity index (χ0n) is 16.7. The quantitative estimate of drug-likeness (QED) is 0.625. The number of cyclic esters (lactones) is 1. The minimum Gasteiger partial charge on any atom is -0.486 e. The minimum absolute atomic E-state index is 0.121. The standard InChI is InChI=1S/C24H22N2O4/c1-17(18-9-5-3-6-10-18)29-21-15-13-19(14-16-21)24(2)22(27)26(23(28)30-24)25-20-11-7-4-8-12-20/h3-17,25H,1-2H3. The van der Waals surface area contributed by atoms with Gasteiger partial charge < -0.3 is 9.47 Å². The van der Waals surface area contributed by atoms with Crippen molar-refractivity contribution in [2.75, 3.05) is 5.43 Å². The molecule has 1 N–H and O–H groups in total. The summed E-state index contributed by atoms with van der Waals surface area (Å²) in [5, 5.41) is 0.900. The molecule has 2 amide bonds. The summed E-state index contributed by atoms with van der Waals surface area (Å²) in [6.07, 6.45) is -0.867. The van der Waals surface area contributed by atoms with Crippen molar-refractivity contribution >= 4 is 17.7 Å². The molecule has 4 rings (SSSR count). The van der Waals surface area contributed by atoms with E-state index in [-0.39, 0.29) is 6.10 Å². The van der Waals surface area contributed by atoms with E-state index >= 15 is 0 Å². The molecule has 2 atom stereocenters. The first-order valence-corrected chi connectivity index (χ1v) is 9.69. The fourth-order valence-electron chi connectivity index (χ4n) is 3.33. The summed E-state index contributed by atoms with van der Waals surface area (Å²) in [6.45, 7) is 3.56. The van der Waals surface area contributed by atoms with Crippen LogP contribution in [0.1, 0.15) is 31.1 Å². The van der Waals surface area contributed by atoms with Gasteiger partial charge in [-0.1, -0.05) is 60.7 Å². The third kappa shape index (κ3) is 3.72. The number of carbonyl (C=O) groups excluding carboxylic acids is 2. The van der Waals surface area contributed by atoms with E-state index in [1.165, 1.54) is 0 Å². The lowest BCUT2D eigenvalue weighted by molar-refractivity contribution is -0.135. The molecule has 0 bridgehead atoms. The number of nitrogens with one attached hydrogen (secondary N) is 1. The molecule has 30 heavy (non-hydrogen) atoms. The second-order valence-corrected chi connectivity index (χ2v) is 7.21. The Bertz CT molecular complexity index is 1040. The molecule has 3 aromatic rings. The van der Waals surface area contributed by atoms with Crippen molar-refractivity contribution in [1.82, 2.24) is 5.01 Å².